The Hall–Kier alpha value is -4.86. The number of nitrogens with two attached hydrogens (primary N) is 2. The Balaban J connectivity index is 1.74. The predicted octanol–water partition coefficient (Wildman–Crippen LogP) is 2.03. The normalized spacial score (nSPS) is 11.6. The van der Waals surface area contributed by atoms with Crippen molar-refractivity contribution in [2.45, 2.75) is 6.54 Å². The largest absolute Gasteiger partial charge is 0.480 e. The quantitative estimate of drug-likeness (QED) is 0.132. The van der Waals surface area contributed by atoms with Crippen LogP contribution in [0.5, 0.6) is 0 Å². The van der Waals surface area contributed by atoms with E-state index in [1.54, 1.807) is 12.1 Å². The van der Waals surface area contributed by atoms with Crippen molar-refractivity contribution in [1.29, 1.82) is 0 Å². The van der Waals surface area contributed by atoms with Gasteiger partial charge in [-0.25, -0.2) is 0 Å². The number of para-hydroxylation sites is 1. The van der Waals surface area contributed by atoms with Crippen molar-refractivity contribution in [3.63, 3.8) is 0 Å². The molecule has 1 amide bonds. The van der Waals surface area contributed by atoms with Gasteiger partial charge >= 0.3 is 11.9 Å². The van der Waals surface area contributed by atoms with Crippen LogP contribution in [0.15, 0.2) is 71.8 Å². The highest BCUT2D eigenvalue weighted by Crippen LogP contribution is 2.30. The molecule has 0 aliphatic rings. The summed E-state index contributed by atoms with van der Waals surface area (Å²) in [6.07, 6.45) is 0. The second-order valence-corrected chi connectivity index (χ2v) is 8.00. The molecule has 0 atom stereocenters. The number of benzene rings is 3. The number of carbonyl (C=O) groups excluding carboxylic acids is 1. The molecule has 0 saturated heterocycles. The Kier molecular flexibility index (Phi) is 6.36. The molecule has 0 unspecified atom stereocenters. The van der Waals surface area contributed by atoms with Crippen LogP contribution in [0.2, 0.25) is 0 Å². The number of aromatic nitrogens is 1. The van der Waals surface area contributed by atoms with E-state index in [1.165, 1.54) is 6.07 Å². The van der Waals surface area contributed by atoms with Crippen molar-refractivity contribution in [2.24, 2.45) is 16.7 Å². The van der Waals surface area contributed by atoms with Crippen LogP contribution in [0.25, 0.3) is 21.8 Å². The SMILES string of the molecule is N/N=C(\N)c1ccc2c(c1)c1ccccc1n2Cc1cccc(C(=O)N(CC(=O)O)CC(=O)O)c1. The summed E-state index contributed by atoms with van der Waals surface area (Å²) in [6, 6.07) is 20.3. The van der Waals surface area contributed by atoms with Gasteiger partial charge in [-0.3, -0.25) is 14.4 Å². The van der Waals surface area contributed by atoms with E-state index >= 15 is 0 Å². The number of nitrogens with zero attached hydrogens (tertiary/aromatic N) is 3. The Morgan fingerprint density at radius 3 is 2.20 bits per heavy atom. The number of carboxylic acid groups (broad SMARTS) is 2. The molecule has 1 heterocycles. The molecule has 0 saturated carbocycles. The highest BCUT2D eigenvalue weighted by atomic mass is 16.4. The molecule has 0 aliphatic carbocycles. The van der Waals surface area contributed by atoms with E-state index in [2.05, 4.69) is 9.67 Å². The third kappa shape index (κ3) is 4.76. The van der Waals surface area contributed by atoms with E-state index < -0.39 is 30.9 Å². The maximum Gasteiger partial charge on any atom is 0.323 e. The van der Waals surface area contributed by atoms with Crippen LogP contribution in [-0.2, 0) is 16.1 Å². The van der Waals surface area contributed by atoms with Gasteiger partial charge in [0.2, 0.25) is 0 Å². The van der Waals surface area contributed by atoms with E-state index in [9.17, 15) is 14.4 Å². The summed E-state index contributed by atoms with van der Waals surface area (Å²) >= 11 is 0. The Bertz CT molecular complexity index is 1470. The number of fused-ring (bicyclic) bond motifs is 3. The molecule has 10 heteroatoms. The zero-order valence-electron chi connectivity index (χ0n) is 18.6. The molecule has 0 radical (unpaired) electrons. The number of carbonyl (C=O) groups is 3. The molecule has 35 heavy (non-hydrogen) atoms. The lowest BCUT2D eigenvalue weighted by Crippen LogP contribution is -2.39. The number of amidine groups is 1. The Morgan fingerprint density at radius 1 is 0.829 bits per heavy atom. The van der Waals surface area contributed by atoms with Gasteiger partial charge in [0.15, 0.2) is 0 Å². The number of amides is 1. The lowest BCUT2D eigenvalue weighted by Gasteiger charge is -2.19. The number of rotatable bonds is 8. The third-order valence-corrected chi connectivity index (χ3v) is 5.66. The molecule has 1 aromatic heterocycles. The van der Waals surface area contributed by atoms with Crippen molar-refractivity contribution in [3.05, 3.63) is 83.4 Å². The summed E-state index contributed by atoms with van der Waals surface area (Å²) in [7, 11) is 0. The highest BCUT2D eigenvalue weighted by molar-refractivity contribution is 6.11. The molecular weight excluding hydrogens is 450 g/mol. The Morgan fingerprint density at radius 2 is 1.51 bits per heavy atom. The van der Waals surface area contributed by atoms with E-state index in [-0.39, 0.29) is 11.4 Å². The van der Waals surface area contributed by atoms with Crippen molar-refractivity contribution in [2.75, 3.05) is 13.1 Å². The zero-order valence-corrected chi connectivity index (χ0v) is 18.6. The summed E-state index contributed by atoms with van der Waals surface area (Å²) in [5, 5.41) is 23.7. The number of hydrogen-bond acceptors (Lipinski definition) is 5. The van der Waals surface area contributed by atoms with Gasteiger partial charge in [-0.1, -0.05) is 30.3 Å². The Labute approximate surface area is 199 Å². The summed E-state index contributed by atoms with van der Waals surface area (Å²) < 4.78 is 2.10. The van der Waals surface area contributed by atoms with Gasteiger partial charge in [-0.05, 0) is 42.0 Å². The fourth-order valence-corrected chi connectivity index (χ4v) is 4.15. The van der Waals surface area contributed by atoms with Crippen LogP contribution in [0.1, 0.15) is 21.5 Å². The lowest BCUT2D eigenvalue weighted by molar-refractivity contribution is -0.140. The third-order valence-electron chi connectivity index (χ3n) is 5.66. The van der Waals surface area contributed by atoms with Crippen LogP contribution >= 0.6 is 0 Å². The van der Waals surface area contributed by atoms with Gasteiger partial charge in [0, 0.05) is 39.5 Å². The van der Waals surface area contributed by atoms with E-state index in [0.717, 1.165) is 32.3 Å². The van der Waals surface area contributed by atoms with Gasteiger partial charge in [-0.2, -0.15) is 5.10 Å². The fourth-order valence-electron chi connectivity index (χ4n) is 4.15. The molecule has 178 valence electrons. The topological polar surface area (TPSA) is 164 Å². The van der Waals surface area contributed by atoms with Gasteiger partial charge in [0.1, 0.15) is 18.9 Å². The first-order chi connectivity index (χ1) is 16.8. The van der Waals surface area contributed by atoms with Crippen LogP contribution in [0.4, 0.5) is 0 Å². The average Bonchev–Trinajstić information content (AvgIpc) is 3.15. The number of aliphatic carboxylic acids is 2. The van der Waals surface area contributed by atoms with Crippen molar-refractivity contribution < 1.29 is 24.6 Å². The van der Waals surface area contributed by atoms with Crippen LogP contribution in [-0.4, -0.2) is 56.5 Å². The second kappa shape index (κ2) is 9.56. The summed E-state index contributed by atoms with van der Waals surface area (Å²) in [5.41, 5.74) is 9.51. The summed E-state index contributed by atoms with van der Waals surface area (Å²) in [4.78, 5) is 35.9. The molecule has 10 nitrogen and oxygen atoms in total. The fraction of sp³-hybridized carbons (Fsp3) is 0.120. The van der Waals surface area contributed by atoms with Gasteiger partial charge in [0.05, 0.1) is 0 Å². The number of carboxylic acids is 2. The molecule has 4 rings (SSSR count). The summed E-state index contributed by atoms with van der Waals surface area (Å²) in [6.45, 7) is -0.998. The summed E-state index contributed by atoms with van der Waals surface area (Å²) in [5.74, 6) is 2.32. The molecule has 0 fully saturated rings. The number of hydrazone groups is 1. The van der Waals surface area contributed by atoms with Crippen molar-refractivity contribution >= 4 is 45.5 Å². The average molecular weight is 473 g/mol. The molecule has 4 aromatic rings. The van der Waals surface area contributed by atoms with Gasteiger partial charge in [-0.15, -0.1) is 0 Å². The second-order valence-electron chi connectivity index (χ2n) is 8.00. The highest BCUT2D eigenvalue weighted by Gasteiger charge is 2.21. The van der Waals surface area contributed by atoms with E-state index in [0.29, 0.717) is 12.1 Å². The molecular formula is C25H23N5O5. The standard InChI is InChI=1S/C25H23N5O5/c26-24(28-27)16-8-9-21-19(11-16)18-6-1-2-7-20(18)30(21)12-15-4-3-5-17(10-15)25(35)29(13-22(31)32)14-23(33)34/h1-11H,12-14,27H2,(H2,26,28)(H,31,32)(H,33,34). The van der Waals surface area contributed by atoms with Crippen LogP contribution in [0.3, 0.4) is 0 Å². The van der Waals surface area contributed by atoms with E-state index in [4.69, 9.17) is 21.8 Å². The minimum Gasteiger partial charge on any atom is -0.480 e. The minimum absolute atomic E-state index is 0.208. The molecule has 0 aliphatic heterocycles. The predicted molar refractivity (Wildman–Crippen MR) is 131 cm³/mol. The van der Waals surface area contributed by atoms with Crippen molar-refractivity contribution in [1.82, 2.24) is 9.47 Å². The minimum atomic E-state index is -1.29. The van der Waals surface area contributed by atoms with Crippen LogP contribution < -0.4 is 11.6 Å². The molecule has 6 N–H and O–H groups in total. The maximum absolute atomic E-state index is 12.9. The number of hydrogen-bond donors (Lipinski definition) is 4. The van der Waals surface area contributed by atoms with Crippen molar-refractivity contribution in [3.8, 4) is 0 Å². The molecule has 0 spiro atoms. The lowest BCUT2D eigenvalue weighted by atomic mass is 10.1. The maximum atomic E-state index is 12.9. The van der Waals surface area contributed by atoms with Gasteiger partial charge in [0.25, 0.3) is 5.91 Å². The first kappa shape index (κ1) is 23.3. The van der Waals surface area contributed by atoms with Crippen LogP contribution in [0, 0.1) is 0 Å². The first-order valence-electron chi connectivity index (χ1n) is 10.6. The monoisotopic (exact) mass is 473 g/mol. The van der Waals surface area contributed by atoms with E-state index in [1.807, 2.05) is 48.5 Å². The van der Waals surface area contributed by atoms with Gasteiger partial charge < -0.3 is 31.3 Å². The molecule has 3 aromatic carbocycles. The smallest absolute Gasteiger partial charge is 0.323 e. The first-order valence-corrected chi connectivity index (χ1v) is 10.6. The molecule has 0 bridgehead atoms. The zero-order chi connectivity index (χ0) is 25.1.